The van der Waals surface area contributed by atoms with Gasteiger partial charge in [-0.3, -0.25) is 0 Å². The zero-order valence-electron chi connectivity index (χ0n) is 12.8. The van der Waals surface area contributed by atoms with Gasteiger partial charge in [-0.15, -0.1) is 0 Å². The molecule has 2 aromatic carbocycles. The fourth-order valence-corrected chi connectivity index (χ4v) is 2.99. The van der Waals surface area contributed by atoms with E-state index in [1.807, 2.05) is 18.2 Å². The van der Waals surface area contributed by atoms with Crippen LogP contribution in [0.15, 0.2) is 41.4 Å². The maximum absolute atomic E-state index is 6.33. The van der Waals surface area contributed by atoms with E-state index in [0.717, 1.165) is 18.8 Å². The summed E-state index contributed by atoms with van der Waals surface area (Å²) in [5, 5.41) is 10.6. The van der Waals surface area contributed by atoms with Gasteiger partial charge in [0.25, 0.3) is 0 Å². The van der Waals surface area contributed by atoms with Crippen LogP contribution < -0.4 is 16.0 Å². The average molecular weight is 349 g/mol. The molecular weight excluding hydrogens is 331 g/mol. The first kappa shape index (κ1) is 16.0. The molecule has 0 amide bonds. The summed E-state index contributed by atoms with van der Waals surface area (Å²) in [4.78, 5) is 4.43. The number of anilines is 1. The van der Waals surface area contributed by atoms with Crippen LogP contribution in [0.5, 0.6) is 0 Å². The van der Waals surface area contributed by atoms with Gasteiger partial charge in [-0.2, -0.15) is 0 Å². The molecule has 1 saturated heterocycles. The van der Waals surface area contributed by atoms with Gasteiger partial charge in [0.2, 0.25) is 0 Å². The number of rotatable bonds is 4. The minimum Gasteiger partial charge on any atom is -0.381 e. The molecular formula is C17H18Cl2N4. The van der Waals surface area contributed by atoms with E-state index < -0.39 is 0 Å². The monoisotopic (exact) mass is 348 g/mol. The van der Waals surface area contributed by atoms with Crippen molar-refractivity contribution in [2.45, 2.75) is 13.5 Å². The van der Waals surface area contributed by atoms with E-state index in [4.69, 9.17) is 23.2 Å². The molecule has 4 nitrogen and oxygen atoms in total. The van der Waals surface area contributed by atoms with Crippen molar-refractivity contribution >= 4 is 40.5 Å². The van der Waals surface area contributed by atoms with Gasteiger partial charge in [-0.05, 0) is 24.6 Å². The second-order valence-electron chi connectivity index (χ2n) is 5.45. The molecule has 0 atom stereocenters. The minimum absolute atomic E-state index is 0.521. The molecule has 0 radical (unpaired) electrons. The first-order chi connectivity index (χ1) is 11.1. The number of benzene rings is 2. The number of hydrogen-bond acceptors (Lipinski definition) is 2. The van der Waals surface area contributed by atoms with E-state index in [1.54, 1.807) is 0 Å². The van der Waals surface area contributed by atoms with Crippen LogP contribution in [-0.4, -0.2) is 19.0 Å². The Hall–Kier alpha value is -1.91. The molecule has 0 spiro atoms. The van der Waals surface area contributed by atoms with E-state index in [2.05, 4.69) is 46.1 Å². The van der Waals surface area contributed by atoms with Crippen LogP contribution in [0.4, 0.5) is 11.4 Å². The van der Waals surface area contributed by atoms with Crippen LogP contribution in [0.2, 0.25) is 10.0 Å². The predicted molar refractivity (Wildman–Crippen MR) is 98.1 cm³/mol. The molecule has 1 heterocycles. The van der Waals surface area contributed by atoms with Crippen LogP contribution in [0.1, 0.15) is 11.1 Å². The number of aryl methyl sites for hydroxylation is 1. The van der Waals surface area contributed by atoms with Crippen LogP contribution in [0, 0.1) is 6.92 Å². The summed E-state index contributed by atoms with van der Waals surface area (Å²) in [5.74, 6) is 0.703. The largest absolute Gasteiger partial charge is 0.381 e. The van der Waals surface area contributed by atoms with Gasteiger partial charge in [-0.25, -0.2) is 4.99 Å². The van der Waals surface area contributed by atoms with Crippen molar-refractivity contribution in [2.24, 2.45) is 4.99 Å². The maximum Gasteiger partial charge on any atom is 0.196 e. The van der Waals surface area contributed by atoms with Crippen molar-refractivity contribution in [1.29, 1.82) is 0 Å². The average Bonchev–Trinajstić information content (AvgIpc) is 3.02. The Morgan fingerprint density at radius 3 is 2.43 bits per heavy atom. The van der Waals surface area contributed by atoms with Gasteiger partial charge >= 0.3 is 0 Å². The Morgan fingerprint density at radius 1 is 1.09 bits per heavy atom. The van der Waals surface area contributed by atoms with Gasteiger partial charge in [0.1, 0.15) is 5.69 Å². The molecule has 0 unspecified atom stereocenters. The van der Waals surface area contributed by atoms with Crippen molar-refractivity contribution in [3.05, 3.63) is 57.6 Å². The van der Waals surface area contributed by atoms with Crippen LogP contribution in [0.25, 0.3) is 0 Å². The molecule has 3 rings (SSSR count). The Morgan fingerprint density at radius 2 is 1.78 bits per heavy atom. The smallest absolute Gasteiger partial charge is 0.196 e. The van der Waals surface area contributed by atoms with E-state index in [1.165, 1.54) is 11.1 Å². The lowest BCUT2D eigenvalue weighted by molar-refractivity contribution is 0.942. The normalized spacial score (nSPS) is 13.4. The second-order valence-corrected chi connectivity index (χ2v) is 6.26. The Balaban J connectivity index is 1.75. The van der Waals surface area contributed by atoms with Gasteiger partial charge < -0.3 is 16.0 Å². The highest BCUT2D eigenvalue weighted by molar-refractivity contribution is 6.39. The van der Waals surface area contributed by atoms with E-state index in [9.17, 15) is 0 Å². The number of aliphatic imine (C=N–C) groups is 1. The summed E-state index contributed by atoms with van der Waals surface area (Å²) in [6.07, 6.45) is 0. The number of halogens is 2. The van der Waals surface area contributed by atoms with E-state index in [-0.39, 0.29) is 0 Å². The number of guanidine groups is 1. The zero-order chi connectivity index (χ0) is 16.2. The molecule has 2 aromatic rings. The van der Waals surface area contributed by atoms with Crippen molar-refractivity contribution in [3.63, 3.8) is 0 Å². The van der Waals surface area contributed by atoms with E-state index in [0.29, 0.717) is 28.2 Å². The fourth-order valence-electron chi connectivity index (χ4n) is 2.42. The lowest BCUT2D eigenvalue weighted by Crippen LogP contribution is -2.23. The lowest BCUT2D eigenvalue weighted by Gasteiger charge is -2.10. The SMILES string of the molecule is Cc1cccc(CNc2cc(Cl)c(N=C3NCCN3)c(Cl)c2)c1. The lowest BCUT2D eigenvalue weighted by atomic mass is 10.1. The summed E-state index contributed by atoms with van der Waals surface area (Å²) < 4.78 is 0. The standard InChI is InChI=1S/C17H18Cl2N4/c1-11-3-2-4-12(7-11)10-22-13-8-14(18)16(15(19)9-13)23-17-20-5-6-21-17/h2-4,7-9,22H,5-6,10H2,1H3,(H2,20,21,23). The molecule has 23 heavy (non-hydrogen) atoms. The first-order valence-electron chi connectivity index (χ1n) is 7.47. The van der Waals surface area contributed by atoms with Crippen molar-refractivity contribution in [2.75, 3.05) is 18.4 Å². The number of nitrogens with one attached hydrogen (secondary N) is 3. The molecule has 120 valence electrons. The molecule has 0 aromatic heterocycles. The second kappa shape index (κ2) is 7.11. The summed E-state index contributed by atoms with van der Waals surface area (Å²) in [6.45, 7) is 4.50. The molecule has 0 aliphatic carbocycles. The summed E-state index contributed by atoms with van der Waals surface area (Å²) in [6, 6.07) is 12.0. The predicted octanol–water partition coefficient (Wildman–Crippen LogP) is 4.09. The van der Waals surface area contributed by atoms with Gasteiger partial charge in [0, 0.05) is 25.3 Å². The Kier molecular flexibility index (Phi) is 4.94. The van der Waals surface area contributed by atoms with Crippen molar-refractivity contribution < 1.29 is 0 Å². The van der Waals surface area contributed by atoms with Gasteiger partial charge in [0.15, 0.2) is 5.96 Å². The van der Waals surface area contributed by atoms with Gasteiger partial charge in [-0.1, -0.05) is 53.0 Å². The van der Waals surface area contributed by atoms with Crippen LogP contribution in [0.3, 0.4) is 0 Å². The molecule has 6 heteroatoms. The topological polar surface area (TPSA) is 48.5 Å². The zero-order valence-corrected chi connectivity index (χ0v) is 14.3. The Bertz CT molecular complexity index is 712. The number of hydrogen-bond donors (Lipinski definition) is 3. The fraction of sp³-hybridized carbons (Fsp3) is 0.235. The van der Waals surface area contributed by atoms with Crippen molar-refractivity contribution in [1.82, 2.24) is 10.6 Å². The third-order valence-electron chi connectivity index (χ3n) is 3.53. The molecule has 1 fully saturated rings. The first-order valence-corrected chi connectivity index (χ1v) is 8.22. The molecule has 0 bridgehead atoms. The molecule has 1 aliphatic heterocycles. The maximum atomic E-state index is 6.33. The Labute approximate surface area is 145 Å². The molecule has 1 aliphatic rings. The third-order valence-corrected chi connectivity index (χ3v) is 4.11. The minimum atomic E-state index is 0.521. The summed E-state index contributed by atoms with van der Waals surface area (Å²) in [7, 11) is 0. The molecule has 3 N–H and O–H groups in total. The summed E-state index contributed by atoms with van der Waals surface area (Å²) >= 11 is 12.7. The highest BCUT2D eigenvalue weighted by Gasteiger charge is 2.11. The highest BCUT2D eigenvalue weighted by atomic mass is 35.5. The third kappa shape index (κ3) is 4.09. The molecule has 0 saturated carbocycles. The van der Waals surface area contributed by atoms with Crippen LogP contribution >= 0.6 is 23.2 Å². The van der Waals surface area contributed by atoms with E-state index >= 15 is 0 Å². The number of nitrogens with zero attached hydrogens (tertiary/aromatic N) is 1. The van der Waals surface area contributed by atoms with Gasteiger partial charge in [0.05, 0.1) is 10.0 Å². The van der Waals surface area contributed by atoms with Crippen LogP contribution in [-0.2, 0) is 6.54 Å². The summed E-state index contributed by atoms with van der Waals surface area (Å²) in [5.41, 5.74) is 3.90. The van der Waals surface area contributed by atoms with Crippen molar-refractivity contribution in [3.8, 4) is 0 Å². The highest BCUT2D eigenvalue weighted by Crippen LogP contribution is 2.36. The quantitative estimate of drug-likeness (QED) is 0.779.